The number of hydrogen-bond donors (Lipinski definition) is 0. The highest BCUT2D eigenvalue weighted by atomic mass is 16.2. The first-order chi connectivity index (χ1) is 16.5. The lowest BCUT2D eigenvalue weighted by Crippen LogP contribution is -2.27. The van der Waals surface area contributed by atoms with Crippen LogP contribution in [0.15, 0.2) is 72.4 Å². The lowest BCUT2D eigenvalue weighted by molar-refractivity contribution is -0.114. The molecule has 0 unspecified atom stereocenters. The molecule has 0 saturated carbocycles. The Kier molecular flexibility index (Phi) is 4.32. The molecule has 0 spiro atoms. The molecule has 0 bridgehead atoms. The number of benzene rings is 2. The second kappa shape index (κ2) is 7.28. The van der Waals surface area contributed by atoms with E-state index < -0.39 is 0 Å². The Labute approximate surface area is 195 Å². The summed E-state index contributed by atoms with van der Waals surface area (Å²) in [7, 11) is 3.63. The van der Waals surface area contributed by atoms with Crippen LogP contribution in [0.4, 0.5) is 5.69 Å². The van der Waals surface area contributed by atoms with E-state index >= 15 is 0 Å². The number of pyridine rings is 1. The number of imidazole rings is 1. The van der Waals surface area contributed by atoms with Gasteiger partial charge < -0.3 is 4.90 Å². The number of anilines is 1. The Morgan fingerprint density at radius 2 is 1.94 bits per heavy atom. The van der Waals surface area contributed by atoms with E-state index in [2.05, 4.69) is 22.7 Å². The van der Waals surface area contributed by atoms with Crippen molar-refractivity contribution in [1.29, 1.82) is 0 Å². The molecule has 1 aliphatic heterocycles. The number of hydrogen-bond acceptors (Lipinski definition) is 4. The first kappa shape index (κ1) is 20.2. The van der Waals surface area contributed by atoms with Crippen molar-refractivity contribution in [2.75, 3.05) is 11.4 Å². The molecule has 5 aromatic rings. The van der Waals surface area contributed by atoms with Crippen LogP contribution in [0.5, 0.6) is 0 Å². The zero-order valence-electron chi connectivity index (χ0n) is 18.9. The van der Waals surface area contributed by atoms with Crippen LogP contribution < -0.4 is 10.6 Å². The van der Waals surface area contributed by atoms with Gasteiger partial charge in [-0.15, -0.1) is 0 Å². The highest BCUT2D eigenvalue weighted by Crippen LogP contribution is 2.33. The molecule has 0 fully saturated rings. The lowest BCUT2D eigenvalue weighted by Gasteiger charge is -2.16. The fraction of sp³-hybridized carbons (Fsp3) is 0.154. The molecule has 0 radical (unpaired) electrons. The number of aryl methyl sites for hydroxylation is 2. The average molecular weight is 451 g/mol. The summed E-state index contributed by atoms with van der Waals surface area (Å²) in [5, 5.41) is 5.15. The van der Waals surface area contributed by atoms with Crippen molar-refractivity contribution in [1.82, 2.24) is 23.9 Å². The monoisotopic (exact) mass is 450 g/mol. The maximum atomic E-state index is 13.5. The molecule has 8 heteroatoms. The Hall–Kier alpha value is -4.46. The number of aromatic nitrogens is 5. The van der Waals surface area contributed by atoms with Crippen molar-refractivity contribution in [3.63, 3.8) is 0 Å². The van der Waals surface area contributed by atoms with Gasteiger partial charge in [0.2, 0.25) is 5.91 Å². The molecule has 8 nitrogen and oxygen atoms in total. The van der Waals surface area contributed by atoms with Gasteiger partial charge in [-0.05, 0) is 47.9 Å². The van der Waals surface area contributed by atoms with Gasteiger partial charge in [0.15, 0.2) is 0 Å². The molecule has 168 valence electrons. The van der Waals surface area contributed by atoms with Gasteiger partial charge in [0, 0.05) is 43.5 Å². The molecule has 0 saturated heterocycles. The molecule has 34 heavy (non-hydrogen) atoms. The van der Waals surface area contributed by atoms with Crippen LogP contribution in [0.3, 0.4) is 0 Å². The summed E-state index contributed by atoms with van der Waals surface area (Å²) in [5.41, 5.74) is 6.73. The van der Waals surface area contributed by atoms with Crippen LogP contribution >= 0.6 is 0 Å². The van der Waals surface area contributed by atoms with Crippen molar-refractivity contribution < 1.29 is 4.79 Å². The average Bonchev–Trinajstić information content (AvgIpc) is 3.54. The van der Waals surface area contributed by atoms with Gasteiger partial charge in [0.1, 0.15) is 0 Å². The molecule has 0 aliphatic carbocycles. The highest BCUT2D eigenvalue weighted by molar-refractivity contribution is 6.05. The maximum absolute atomic E-state index is 13.5. The number of fused-ring (bicyclic) bond motifs is 4. The number of carbonyl (C=O) groups excluding carboxylic acids is 1. The van der Waals surface area contributed by atoms with Crippen molar-refractivity contribution in [2.24, 2.45) is 14.1 Å². The summed E-state index contributed by atoms with van der Waals surface area (Å²) in [6.07, 6.45) is 7.61. The molecule has 1 aliphatic rings. The van der Waals surface area contributed by atoms with Crippen LogP contribution in [-0.4, -0.2) is 36.4 Å². The topological polar surface area (TPSA) is 78.0 Å². The number of rotatable bonds is 3. The second-order valence-corrected chi connectivity index (χ2v) is 8.56. The van der Waals surface area contributed by atoms with E-state index in [-0.39, 0.29) is 11.6 Å². The molecule has 2 aromatic carbocycles. The first-order valence-electron chi connectivity index (χ1n) is 11.0. The summed E-state index contributed by atoms with van der Waals surface area (Å²) in [6, 6.07) is 11.9. The number of nitrogens with zero attached hydrogens (tertiary/aromatic N) is 6. The lowest BCUT2D eigenvalue weighted by atomic mass is 10.1. The van der Waals surface area contributed by atoms with Crippen LogP contribution in [0.25, 0.3) is 38.8 Å². The van der Waals surface area contributed by atoms with E-state index in [1.165, 1.54) is 6.08 Å². The number of amides is 1. The molecular weight excluding hydrogens is 428 g/mol. The van der Waals surface area contributed by atoms with Gasteiger partial charge in [-0.3, -0.25) is 23.6 Å². The van der Waals surface area contributed by atoms with Crippen LogP contribution in [0.2, 0.25) is 0 Å². The maximum Gasteiger partial charge on any atom is 0.333 e. The van der Waals surface area contributed by atoms with Gasteiger partial charge in [0.25, 0.3) is 0 Å². The predicted octanol–water partition coefficient (Wildman–Crippen LogP) is 3.35. The standard InChI is InChI=1S/C26H22N6O2/c1-4-24(33)31-10-9-16-5-7-19(12-22(16)31)32-25-20-11-17(18-13-28-29(2)15-18)6-8-21(20)27-14-23(25)30(3)26(32)34/h4-8,11-15H,1,9-10H2,2-3H3. The zero-order chi connectivity index (χ0) is 23.6. The van der Waals surface area contributed by atoms with Gasteiger partial charge >= 0.3 is 5.69 Å². The predicted molar refractivity (Wildman–Crippen MR) is 132 cm³/mol. The van der Waals surface area contributed by atoms with Crippen LogP contribution in [-0.2, 0) is 25.3 Å². The fourth-order valence-corrected chi connectivity index (χ4v) is 4.83. The van der Waals surface area contributed by atoms with Crippen LogP contribution in [0, 0.1) is 0 Å². The Bertz CT molecular complexity index is 1700. The molecule has 1 amide bonds. The highest BCUT2D eigenvalue weighted by Gasteiger charge is 2.25. The Morgan fingerprint density at radius 1 is 1.09 bits per heavy atom. The largest absolute Gasteiger partial charge is 0.333 e. The van der Waals surface area contributed by atoms with E-state index in [1.807, 2.05) is 49.8 Å². The molecule has 3 aromatic heterocycles. The van der Waals surface area contributed by atoms with E-state index in [4.69, 9.17) is 0 Å². The Balaban J connectivity index is 1.63. The molecule has 0 N–H and O–H groups in total. The van der Waals surface area contributed by atoms with E-state index in [1.54, 1.807) is 32.0 Å². The van der Waals surface area contributed by atoms with Crippen molar-refractivity contribution >= 4 is 33.5 Å². The SMILES string of the molecule is C=CC(=O)N1CCc2ccc(-n3c(=O)n(C)c4cnc5ccc(-c6cnn(C)c6)cc5c43)cc21. The summed E-state index contributed by atoms with van der Waals surface area (Å²) in [6.45, 7) is 4.23. The summed E-state index contributed by atoms with van der Waals surface area (Å²) in [4.78, 5) is 32.1. The van der Waals surface area contributed by atoms with Crippen molar-refractivity contribution in [3.05, 3.63) is 83.7 Å². The third kappa shape index (κ3) is 2.85. The first-order valence-corrected chi connectivity index (χ1v) is 11.0. The summed E-state index contributed by atoms with van der Waals surface area (Å²) in [5.74, 6) is -0.142. The van der Waals surface area contributed by atoms with Crippen molar-refractivity contribution in [3.8, 4) is 16.8 Å². The fourth-order valence-electron chi connectivity index (χ4n) is 4.83. The van der Waals surface area contributed by atoms with Crippen molar-refractivity contribution in [2.45, 2.75) is 6.42 Å². The summed E-state index contributed by atoms with van der Waals surface area (Å²) < 4.78 is 5.08. The van der Waals surface area contributed by atoms with E-state index in [9.17, 15) is 9.59 Å². The minimum atomic E-state index is -0.171. The van der Waals surface area contributed by atoms with E-state index in [0.717, 1.165) is 50.7 Å². The third-order valence-electron chi connectivity index (χ3n) is 6.58. The molecule has 4 heterocycles. The molecule has 0 atom stereocenters. The smallest absolute Gasteiger partial charge is 0.308 e. The minimum absolute atomic E-state index is 0.142. The zero-order valence-corrected chi connectivity index (χ0v) is 18.9. The summed E-state index contributed by atoms with van der Waals surface area (Å²) >= 11 is 0. The minimum Gasteiger partial charge on any atom is -0.308 e. The van der Waals surface area contributed by atoms with E-state index in [0.29, 0.717) is 12.2 Å². The van der Waals surface area contributed by atoms with Gasteiger partial charge in [-0.25, -0.2) is 4.79 Å². The van der Waals surface area contributed by atoms with Crippen LogP contribution in [0.1, 0.15) is 5.56 Å². The van der Waals surface area contributed by atoms with Gasteiger partial charge in [-0.1, -0.05) is 18.7 Å². The number of carbonyl (C=O) groups is 1. The second-order valence-electron chi connectivity index (χ2n) is 8.56. The quantitative estimate of drug-likeness (QED) is 0.395. The molecular formula is C26H22N6O2. The normalized spacial score (nSPS) is 13.1. The Morgan fingerprint density at radius 3 is 2.71 bits per heavy atom. The molecule has 6 rings (SSSR count). The van der Waals surface area contributed by atoms with Gasteiger partial charge in [-0.2, -0.15) is 5.10 Å². The van der Waals surface area contributed by atoms with Gasteiger partial charge in [0.05, 0.1) is 34.6 Å². The third-order valence-corrected chi connectivity index (χ3v) is 6.58.